The smallest absolute Gasteiger partial charge is 0.264 e. The Morgan fingerprint density at radius 3 is 2.50 bits per heavy atom. The first kappa shape index (κ1) is 24.2. The predicted molar refractivity (Wildman–Crippen MR) is 145 cm³/mol. The van der Waals surface area contributed by atoms with Gasteiger partial charge in [0, 0.05) is 36.2 Å². The third kappa shape index (κ3) is 5.05. The Morgan fingerprint density at radius 2 is 1.75 bits per heavy atom. The molecule has 2 aliphatic heterocycles. The monoisotopic (exact) mass is 498 g/mol. The topological polar surface area (TPSA) is 49.9 Å². The molecule has 0 bridgehead atoms. The van der Waals surface area contributed by atoms with E-state index in [0.717, 1.165) is 54.2 Å². The van der Waals surface area contributed by atoms with E-state index in [4.69, 9.17) is 4.74 Å². The second-order valence-corrected chi connectivity index (χ2v) is 10.4. The number of nitrogens with zero attached hydrogens (tertiary/aromatic N) is 2. The highest BCUT2D eigenvalue weighted by atomic mass is 32.2. The molecule has 0 radical (unpaired) electrons. The third-order valence-electron chi connectivity index (χ3n) is 7.00. The first-order chi connectivity index (χ1) is 17.5. The molecule has 0 spiro atoms. The summed E-state index contributed by atoms with van der Waals surface area (Å²) in [6, 6.07) is 23.9. The van der Waals surface area contributed by atoms with Gasteiger partial charge in [0.1, 0.15) is 5.75 Å². The second kappa shape index (κ2) is 10.6. The summed E-state index contributed by atoms with van der Waals surface area (Å²) in [6.07, 6.45) is 4.95. The Morgan fingerprint density at radius 1 is 1.03 bits per heavy atom. The van der Waals surface area contributed by atoms with E-state index in [1.165, 1.54) is 17.3 Å². The van der Waals surface area contributed by atoms with Crippen molar-refractivity contribution in [2.24, 2.45) is 5.92 Å². The molecule has 5 nitrogen and oxygen atoms in total. The molecule has 5 rings (SSSR count). The standard InChI is InChI=1S/C30H30N2O3S/c1-31-25-19-24(29(33)32-16-14-22(15-17-32)18-21-8-4-3-5-9-21)12-13-27(25)36-28(30(31)34)20-23-10-6-7-11-26(23)35-2/h3-13,19-20,22H,14-18H2,1-2H3. The van der Waals surface area contributed by atoms with Crippen LogP contribution in [0.4, 0.5) is 5.69 Å². The molecule has 3 aromatic carbocycles. The van der Waals surface area contributed by atoms with Gasteiger partial charge in [-0.25, -0.2) is 0 Å². The fourth-order valence-electron chi connectivity index (χ4n) is 4.92. The minimum absolute atomic E-state index is 0.0390. The van der Waals surface area contributed by atoms with Gasteiger partial charge in [0.15, 0.2) is 0 Å². The first-order valence-electron chi connectivity index (χ1n) is 12.3. The number of rotatable bonds is 5. The minimum atomic E-state index is -0.0928. The number of fused-ring (bicyclic) bond motifs is 1. The lowest BCUT2D eigenvalue weighted by atomic mass is 9.90. The quantitative estimate of drug-likeness (QED) is 0.411. The summed E-state index contributed by atoms with van der Waals surface area (Å²) in [5.74, 6) is 1.27. The fourth-order valence-corrected chi connectivity index (χ4v) is 6.01. The van der Waals surface area contributed by atoms with Crippen LogP contribution < -0.4 is 9.64 Å². The molecule has 0 aromatic heterocycles. The molecule has 1 saturated heterocycles. The molecular weight excluding hydrogens is 468 g/mol. The zero-order valence-corrected chi connectivity index (χ0v) is 21.5. The summed E-state index contributed by atoms with van der Waals surface area (Å²) in [7, 11) is 3.39. The van der Waals surface area contributed by atoms with E-state index in [-0.39, 0.29) is 11.8 Å². The highest BCUT2D eigenvalue weighted by Crippen LogP contribution is 2.42. The van der Waals surface area contributed by atoms with Crippen LogP contribution in [0.3, 0.4) is 0 Å². The number of thioether (sulfide) groups is 1. The number of carbonyl (C=O) groups is 2. The van der Waals surface area contributed by atoms with Crippen molar-refractivity contribution in [1.82, 2.24) is 4.90 Å². The Kier molecular flexibility index (Phi) is 7.14. The van der Waals surface area contributed by atoms with E-state index in [9.17, 15) is 9.59 Å². The van der Waals surface area contributed by atoms with E-state index >= 15 is 0 Å². The molecule has 1 fully saturated rings. The average Bonchev–Trinajstić information content (AvgIpc) is 2.92. The van der Waals surface area contributed by atoms with Crippen LogP contribution in [0.15, 0.2) is 82.6 Å². The number of likely N-dealkylation sites (N-methyl/N-ethyl adjacent to an activating group) is 1. The van der Waals surface area contributed by atoms with E-state index < -0.39 is 0 Å². The molecule has 36 heavy (non-hydrogen) atoms. The summed E-state index contributed by atoms with van der Waals surface area (Å²) < 4.78 is 5.43. The second-order valence-electron chi connectivity index (χ2n) is 9.32. The van der Waals surface area contributed by atoms with E-state index in [1.807, 2.05) is 59.5 Å². The largest absolute Gasteiger partial charge is 0.496 e. The maximum atomic E-state index is 13.3. The van der Waals surface area contributed by atoms with Gasteiger partial charge in [0.25, 0.3) is 11.8 Å². The zero-order chi connectivity index (χ0) is 25.1. The number of hydrogen-bond donors (Lipinski definition) is 0. The van der Waals surface area contributed by atoms with Gasteiger partial charge in [-0.3, -0.25) is 9.59 Å². The number of hydrogen-bond acceptors (Lipinski definition) is 4. The molecule has 6 heteroatoms. The van der Waals surface area contributed by atoms with Crippen LogP contribution >= 0.6 is 11.8 Å². The molecule has 2 heterocycles. The molecule has 2 amide bonds. The number of likely N-dealkylation sites (tertiary alicyclic amines) is 1. The summed E-state index contributed by atoms with van der Waals surface area (Å²) in [4.78, 5) is 31.6. The molecule has 0 saturated carbocycles. The van der Waals surface area contributed by atoms with Gasteiger partial charge < -0.3 is 14.5 Å². The van der Waals surface area contributed by atoms with E-state index in [2.05, 4.69) is 24.3 Å². The Bertz CT molecular complexity index is 1300. The van der Waals surface area contributed by atoms with Gasteiger partial charge in [-0.2, -0.15) is 0 Å². The molecule has 0 atom stereocenters. The number of anilines is 1. The van der Waals surface area contributed by atoms with Gasteiger partial charge in [-0.15, -0.1) is 0 Å². The van der Waals surface area contributed by atoms with Gasteiger partial charge in [-0.1, -0.05) is 60.3 Å². The summed E-state index contributed by atoms with van der Waals surface area (Å²) >= 11 is 1.43. The molecule has 3 aromatic rings. The van der Waals surface area contributed by atoms with Gasteiger partial charge in [0.05, 0.1) is 17.7 Å². The molecule has 0 aliphatic carbocycles. The SMILES string of the molecule is COc1ccccc1C=C1Sc2ccc(C(=O)N3CCC(Cc4ccccc4)CC3)cc2N(C)C1=O. The van der Waals surface area contributed by atoms with E-state index in [0.29, 0.717) is 16.4 Å². The fraction of sp³-hybridized carbons (Fsp3) is 0.267. The maximum Gasteiger partial charge on any atom is 0.264 e. The van der Waals surface area contributed by atoms with Crippen LogP contribution in [0.2, 0.25) is 0 Å². The third-order valence-corrected chi connectivity index (χ3v) is 8.07. The molecule has 0 unspecified atom stereocenters. The maximum absolute atomic E-state index is 13.3. The van der Waals surface area contributed by atoms with Crippen LogP contribution in [0.25, 0.3) is 6.08 Å². The van der Waals surface area contributed by atoms with Crippen molar-refractivity contribution >= 4 is 35.3 Å². The van der Waals surface area contributed by atoms with Crippen molar-refractivity contribution in [3.05, 3.63) is 94.4 Å². The molecule has 184 valence electrons. The number of methoxy groups -OCH3 is 1. The molecular formula is C30H30N2O3S. The highest BCUT2D eigenvalue weighted by Gasteiger charge is 2.29. The lowest BCUT2D eigenvalue weighted by Crippen LogP contribution is -2.39. The van der Waals surface area contributed by atoms with E-state index in [1.54, 1.807) is 19.1 Å². The number of benzene rings is 3. The Balaban J connectivity index is 1.29. The molecule has 2 aliphatic rings. The van der Waals surface area contributed by atoms with Crippen LogP contribution in [0, 0.1) is 5.92 Å². The first-order valence-corrected chi connectivity index (χ1v) is 13.1. The zero-order valence-electron chi connectivity index (χ0n) is 20.6. The minimum Gasteiger partial charge on any atom is -0.496 e. The Hall–Kier alpha value is -3.51. The summed E-state index contributed by atoms with van der Waals surface area (Å²) in [5, 5.41) is 0. The summed E-state index contributed by atoms with van der Waals surface area (Å²) in [6.45, 7) is 1.53. The van der Waals surface area contributed by atoms with Crippen molar-refractivity contribution in [1.29, 1.82) is 0 Å². The van der Waals surface area contributed by atoms with Gasteiger partial charge in [-0.05, 0) is 61.1 Å². The number of amides is 2. The lowest BCUT2D eigenvalue weighted by molar-refractivity contribution is -0.114. The Labute approximate surface area is 216 Å². The highest BCUT2D eigenvalue weighted by molar-refractivity contribution is 8.04. The average molecular weight is 499 g/mol. The van der Waals surface area contributed by atoms with Crippen molar-refractivity contribution in [2.75, 3.05) is 32.1 Å². The van der Waals surface area contributed by atoms with Crippen molar-refractivity contribution in [3.8, 4) is 5.75 Å². The van der Waals surface area contributed by atoms with Crippen LogP contribution in [0.5, 0.6) is 5.75 Å². The van der Waals surface area contributed by atoms with Crippen LogP contribution in [-0.4, -0.2) is 44.0 Å². The number of piperidine rings is 1. The van der Waals surface area contributed by atoms with Gasteiger partial charge in [0.2, 0.25) is 0 Å². The molecule has 0 N–H and O–H groups in total. The van der Waals surface area contributed by atoms with Crippen LogP contribution in [0.1, 0.15) is 34.3 Å². The lowest BCUT2D eigenvalue weighted by Gasteiger charge is -2.33. The number of para-hydroxylation sites is 1. The predicted octanol–water partition coefficient (Wildman–Crippen LogP) is 5.90. The normalized spacial score (nSPS) is 17.3. The van der Waals surface area contributed by atoms with Gasteiger partial charge >= 0.3 is 0 Å². The van der Waals surface area contributed by atoms with Crippen molar-refractivity contribution in [3.63, 3.8) is 0 Å². The van der Waals surface area contributed by atoms with Crippen LogP contribution in [-0.2, 0) is 11.2 Å². The summed E-state index contributed by atoms with van der Waals surface area (Å²) in [5.41, 5.74) is 3.62. The number of ether oxygens (including phenoxy) is 1. The van der Waals surface area contributed by atoms with Crippen molar-refractivity contribution < 1.29 is 14.3 Å². The number of carbonyl (C=O) groups excluding carboxylic acids is 2. The van der Waals surface area contributed by atoms with Crippen molar-refractivity contribution in [2.45, 2.75) is 24.2 Å².